The van der Waals surface area contributed by atoms with Crippen LogP contribution in [0.3, 0.4) is 0 Å². The van der Waals surface area contributed by atoms with Gasteiger partial charge in [0.05, 0.1) is 30.8 Å². The van der Waals surface area contributed by atoms with Crippen LogP contribution < -0.4 is 4.90 Å². The Bertz CT molecular complexity index is 599. The number of hydrogen-bond donors (Lipinski definition) is 1. The Morgan fingerprint density at radius 2 is 2.36 bits per heavy atom. The number of rotatable bonds is 6. The second-order valence-corrected chi connectivity index (χ2v) is 6.05. The number of aryl methyl sites for hydroxylation is 1. The lowest BCUT2D eigenvalue weighted by atomic mass is 10.1. The molecular formula is C16H20N2O3S. The Morgan fingerprint density at radius 3 is 3.05 bits per heavy atom. The molecule has 1 N–H and O–H groups in total. The Hall–Kier alpha value is -1.63. The van der Waals surface area contributed by atoms with E-state index in [2.05, 4.69) is 11.6 Å². The predicted molar refractivity (Wildman–Crippen MR) is 90.1 cm³/mol. The van der Waals surface area contributed by atoms with E-state index in [0.29, 0.717) is 17.5 Å². The summed E-state index contributed by atoms with van der Waals surface area (Å²) in [6.07, 6.45) is 0.920. The molecule has 0 aliphatic carbocycles. The molecule has 0 bridgehead atoms. The quantitative estimate of drug-likeness (QED) is 0.874. The van der Waals surface area contributed by atoms with Crippen LogP contribution in [0.15, 0.2) is 36.0 Å². The van der Waals surface area contributed by atoms with Gasteiger partial charge in [-0.15, -0.1) is 0 Å². The number of ether oxygens (including phenoxy) is 1. The van der Waals surface area contributed by atoms with E-state index in [0.717, 1.165) is 16.8 Å². The van der Waals surface area contributed by atoms with E-state index in [4.69, 9.17) is 4.74 Å². The van der Waals surface area contributed by atoms with E-state index in [9.17, 15) is 9.90 Å². The van der Waals surface area contributed by atoms with Crippen LogP contribution in [0.2, 0.25) is 0 Å². The van der Waals surface area contributed by atoms with Gasteiger partial charge in [0.15, 0.2) is 5.17 Å². The van der Waals surface area contributed by atoms with E-state index in [1.807, 2.05) is 25.1 Å². The highest BCUT2D eigenvalue weighted by Crippen LogP contribution is 2.31. The second-order valence-electron chi connectivity index (χ2n) is 5.11. The lowest BCUT2D eigenvalue weighted by Gasteiger charge is -2.20. The third-order valence-corrected chi connectivity index (χ3v) is 4.00. The smallest absolute Gasteiger partial charge is 0.243 e. The third-order valence-electron chi connectivity index (χ3n) is 3.07. The molecule has 1 unspecified atom stereocenters. The molecule has 5 nitrogen and oxygen atoms in total. The average molecular weight is 320 g/mol. The van der Waals surface area contributed by atoms with E-state index >= 15 is 0 Å². The molecule has 1 fully saturated rings. The molecule has 1 aliphatic rings. The monoisotopic (exact) mass is 320 g/mol. The molecule has 0 aromatic heterocycles. The van der Waals surface area contributed by atoms with Crippen molar-refractivity contribution in [3.8, 4) is 0 Å². The zero-order valence-corrected chi connectivity index (χ0v) is 13.6. The number of thioether (sulfide) groups is 1. The summed E-state index contributed by atoms with van der Waals surface area (Å²) in [5.41, 5.74) is 2.72. The van der Waals surface area contributed by atoms with Gasteiger partial charge in [-0.2, -0.15) is 0 Å². The van der Waals surface area contributed by atoms with Gasteiger partial charge in [0, 0.05) is 11.8 Å². The molecular weight excluding hydrogens is 300 g/mol. The fourth-order valence-electron chi connectivity index (χ4n) is 2.12. The molecule has 6 heteroatoms. The van der Waals surface area contributed by atoms with Crippen LogP contribution in [0.1, 0.15) is 18.1 Å². The van der Waals surface area contributed by atoms with Gasteiger partial charge >= 0.3 is 0 Å². The fraction of sp³-hybridized carbons (Fsp3) is 0.375. The predicted octanol–water partition coefficient (Wildman–Crippen LogP) is 2.47. The zero-order valence-electron chi connectivity index (χ0n) is 12.8. The molecule has 22 heavy (non-hydrogen) atoms. The van der Waals surface area contributed by atoms with Crippen LogP contribution in [0, 0.1) is 6.92 Å². The molecule has 118 valence electrons. The third kappa shape index (κ3) is 3.97. The highest BCUT2D eigenvalue weighted by molar-refractivity contribution is 8.15. The van der Waals surface area contributed by atoms with Gasteiger partial charge in [0.25, 0.3) is 0 Å². The first-order chi connectivity index (χ1) is 10.5. The number of aliphatic imine (C=N–C) groups is 1. The van der Waals surface area contributed by atoms with Crippen molar-refractivity contribution in [2.24, 2.45) is 4.99 Å². The van der Waals surface area contributed by atoms with Gasteiger partial charge in [-0.05, 0) is 25.5 Å². The summed E-state index contributed by atoms with van der Waals surface area (Å²) in [6, 6.07) is 5.86. The topological polar surface area (TPSA) is 62.1 Å². The fourth-order valence-corrected chi connectivity index (χ4v) is 2.98. The van der Waals surface area contributed by atoms with Crippen LogP contribution in [-0.2, 0) is 16.1 Å². The Kier molecular flexibility index (Phi) is 5.76. The number of hydrogen-bond acceptors (Lipinski definition) is 5. The van der Waals surface area contributed by atoms with Crippen molar-refractivity contribution in [3.63, 3.8) is 0 Å². The Balaban J connectivity index is 2.31. The molecule has 1 heterocycles. The zero-order chi connectivity index (χ0) is 16.1. The summed E-state index contributed by atoms with van der Waals surface area (Å²) >= 11 is 1.40. The summed E-state index contributed by atoms with van der Waals surface area (Å²) in [5, 5.41) is 9.91. The largest absolute Gasteiger partial charge is 0.391 e. The van der Waals surface area contributed by atoms with Gasteiger partial charge in [-0.25, -0.2) is 4.99 Å². The first kappa shape index (κ1) is 16.7. The van der Waals surface area contributed by atoms with Crippen molar-refractivity contribution < 1.29 is 14.6 Å². The van der Waals surface area contributed by atoms with Crippen molar-refractivity contribution in [2.75, 3.05) is 17.3 Å². The number of aliphatic hydroxyl groups excluding tert-OH is 1. The van der Waals surface area contributed by atoms with Crippen molar-refractivity contribution in [1.82, 2.24) is 0 Å². The molecule has 1 amide bonds. The Labute approximate surface area is 134 Å². The maximum Gasteiger partial charge on any atom is 0.243 e. The minimum absolute atomic E-state index is 0.00650. The lowest BCUT2D eigenvalue weighted by Crippen LogP contribution is -2.30. The summed E-state index contributed by atoms with van der Waals surface area (Å²) < 4.78 is 5.50. The van der Waals surface area contributed by atoms with Crippen LogP contribution in [0.25, 0.3) is 0 Å². The number of aliphatic hydroxyl groups is 1. The van der Waals surface area contributed by atoms with Gasteiger partial charge in [0.1, 0.15) is 0 Å². The molecule has 0 spiro atoms. The SMILES string of the molecule is C=CN=C1SCC(=O)N1c1cc(C)ccc1COCC(C)O. The molecule has 0 saturated carbocycles. The summed E-state index contributed by atoms with van der Waals surface area (Å²) in [4.78, 5) is 18.0. The van der Waals surface area contributed by atoms with Crippen molar-refractivity contribution in [1.29, 1.82) is 0 Å². The molecule has 1 aliphatic heterocycles. The first-order valence-electron chi connectivity index (χ1n) is 7.02. The summed E-state index contributed by atoms with van der Waals surface area (Å²) in [5.74, 6) is 0.363. The molecule has 1 atom stereocenters. The van der Waals surface area contributed by atoms with E-state index in [1.165, 1.54) is 18.0 Å². The highest BCUT2D eigenvalue weighted by Gasteiger charge is 2.31. The minimum Gasteiger partial charge on any atom is -0.391 e. The van der Waals surface area contributed by atoms with Crippen LogP contribution in [0.4, 0.5) is 5.69 Å². The first-order valence-corrected chi connectivity index (χ1v) is 8.01. The number of carbonyl (C=O) groups excluding carboxylic acids is 1. The van der Waals surface area contributed by atoms with Crippen molar-refractivity contribution in [2.45, 2.75) is 26.6 Å². The maximum absolute atomic E-state index is 12.2. The van der Waals surface area contributed by atoms with E-state index in [-0.39, 0.29) is 12.5 Å². The number of carbonyl (C=O) groups is 1. The molecule has 1 aromatic rings. The number of amidine groups is 1. The standard InChI is InChI=1S/C16H20N2O3S/c1-4-17-16-18(15(20)10-22-16)14-7-11(2)5-6-13(14)9-21-8-12(3)19/h4-7,12,19H,1,8-10H2,2-3H3. The molecule has 1 aromatic carbocycles. The van der Waals surface area contributed by atoms with E-state index in [1.54, 1.807) is 11.8 Å². The van der Waals surface area contributed by atoms with Gasteiger partial charge in [-0.1, -0.05) is 30.5 Å². The number of benzene rings is 1. The number of nitrogens with zero attached hydrogens (tertiary/aromatic N) is 2. The molecule has 0 radical (unpaired) electrons. The molecule has 2 rings (SSSR count). The van der Waals surface area contributed by atoms with Crippen LogP contribution >= 0.6 is 11.8 Å². The van der Waals surface area contributed by atoms with Gasteiger partial charge in [-0.3, -0.25) is 9.69 Å². The Morgan fingerprint density at radius 1 is 1.59 bits per heavy atom. The minimum atomic E-state index is -0.518. The normalized spacial score (nSPS) is 18.0. The lowest BCUT2D eigenvalue weighted by molar-refractivity contribution is -0.115. The number of anilines is 1. The molecule has 1 saturated heterocycles. The average Bonchev–Trinajstić information content (AvgIpc) is 2.81. The summed E-state index contributed by atoms with van der Waals surface area (Å²) in [7, 11) is 0. The maximum atomic E-state index is 12.2. The van der Waals surface area contributed by atoms with Crippen LogP contribution in [0.5, 0.6) is 0 Å². The number of amides is 1. The van der Waals surface area contributed by atoms with Crippen molar-refractivity contribution in [3.05, 3.63) is 42.1 Å². The van der Waals surface area contributed by atoms with Crippen LogP contribution in [-0.4, -0.2) is 34.6 Å². The van der Waals surface area contributed by atoms with Gasteiger partial charge < -0.3 is 9.84 Å². The second kappa shape index (κ2) is 7.58. The highest BCUT2D eigenvalue weighted by atomic mass is 32.2. The summed E-state index contributed by atoms with van der Waals surface area (Å²) in [6.45, 7) is 7.82. The van der Waals surface area contributed by atoms with E-state index < -0.39 is 6.10 Å². The van der Waals surface area contributed by atoms with Crippen molar-refractivity contribution >= 4 is 28.5 Å². The van der Waals surface area contributed by atoms with Gasteiger partial charge in [0.2, 0.25) is 5.91 Å².